The minimum atomic E-state index is -0.214. The largest absolute Gasteiger partial charge is 0.399 e. The number of carbonyl (C=O) groups excluding carboxylic acids is 1. The number of nitrogen functional groups attached to an aromatic ring is 1. The molecule has 106 valence electrons. The van der Waals surface area contributed by atoms with Crippen LogP contribution in [0.1, 0.15) is 27.2 Å². The number of likely N-dealkylation sites (N-methyl/N-ethyl adjacent to an activating group) is 1. The van der Waals surface area contributed by atoms with Crippen LogP contribution in [0, 0.1) is 5.92 Å². The van der Waals surface area contributed by atoms with Crippen LogP contribution in [0.4, 0.5) is 11.4 Å². The zero-order valence-electron chi connectivity index (χ0n) is 12.3. The summed E-state index contributed by atoms with van der Waals surface area (Å²) in [6, 6.07) is 7.34. The second kappa shape index (κ2) is 7.02. The monoisotopic (exact) mass is 263 g/mol. The number of nitrogens with two attached hydrogens (primary N) is 1. The second-order valence-corrected chi connectivity index (χ2v) is 5.36. The molecule has 0 saturated carbocycles. The molecule has 3 N–H and O–H groups in total. The van der Waals surface area contributed by atoms with Crippen LogP contribution < -0.4 is 16.0 Å². The molecule has 1 rings (SSSR count). The van der Waals surface area contributed by atoms with E-state index in [4.69, 9.17) is 5.73 Å². The summed E-state index contributed by atoms with van der Waals surface area (Å²) in [5.74, 6) is 0.646. The molecule has 0 saturated heterocycles. The first-order valence-electron chi connectivity index (χ1n) is 6.78. The minimum absolute atomic E-state index is 0.0468. The first kappa shape index (κ1) is 15.3. The Hall–Kier alpha value is -1.71. The quantitative estimate of drug-likeness (QED) is 0.774. The van der Waals surface area contributed by atoms with Gasteiger partial charge in [0.15, 0.2) is 0 Å². The van der Waals surface area contributed by atoms with Gasteiger partial charge in [-0.2, -0.15) is 0 Å². The zero-order chi connectivity index (χ0) is 14.4. The van der Waals surface area contributed by atoms with Crippen LogP contribution >= 0.6 is 0 Å². The molecule has 4 heteroatoms. The molecule has 0 radical (unpaired) electrons. The van der Waals surface area contributed by atoms with Gasteiger partial charge >= 0.3 is 0 Å². The van der Waals surface area contributed by atoms with Gasteiger partial charge in [0.25, 0.3) is 0 Å². The van der Waals surface area contributed by atoms with E-state index in [-0.39, 0.29) is 11.9 Å². The summed E-state index contributed by atoms with van der Waals surface area (Å²) >= 11 is 0. The Morgan fingerprint density at radius 3 is 2.63 bits per heavy atom. The van der Waals surface area contributed by atoms with E-state index in [2.05, 4.69) is 19.2 Å². The lowest BCUT2D eigenvalue weighted by molar-refractivity contribution is -0.122. The molecule has 1 unspecified atom stereocenters. The predicted octanol–water partition coefficient (Wildman–Crippen LogP) is 2.26. The van der Waals surface area contributed by atoms with Crippen LogP contribution in [-0.2, 0) is 4.79 Å². The molecule has 0 aliphatic rings. The van der Waals surface area contributed by atoms with Gasteiger partial charge in [0.2, 0.25) is 5.91 Å². The summed E-state index contributed by atoms with van der Waals surface area (Å²) in [4.78, 5) is 14.0. The van der Waals surface area contributed by atoms with E-state index in [0.717, 1.165) is 18.7 Å². The maximum absolute atomic E-state index is 12.0. The van der Waals surface area contributed by atoms with Crippen molar-refractivity contribution in [1.29, 1.82) is 0 Å². The van der Waals surface area contributed by atoms with Crippen molar-refractivity contribution in [3.8, 4) is 0 Å². The number of anilines is 2. The maximum Gasteiger partial charge on any atom is 0.242 e. The molecule has 1 amide bonds. The van der Waals surface area contributed by atoms with Crippen molar-refractivity contribution < 1.29 is 4.79 Å². The van der Waals surface area contributed by atoms with E-state index < -0.39 is 0 Å². The van der Waals surface area contributed by atoms with Gasteiger partial charge in [0.1, 0.15) is 6.04 Å². The Kier molecular flexibility index (Phi) is 5.67. The van der Waals surface area contributed by atoms with Gasteiger partial charge in [0.05, 0.1) is 0 Å². The van der Waals surface area contributed by atoms with Crippen molar-refractivity contribution in [2.24, 2.45) is 5.92 Å². The van der Waals surface area contributed by atoms with E-state index in [1.165, 1.54) is 0 Å². The summed E-state index contributed by atoms with van der Waals surface area (Å²) < 4.78 is 0. The molecule has 4 nitrogen and oxygen atoms in total. The molecular weight excluding hydrogens is 238 g/mol. The van der Waals surface area contributed by atoms with Crippen molar-refractivity contribution in [1.82, 2.24) is 5.32 Å². The van der Waals surface area contributed by atoms with Gasteiger partial charge in [-0.1, -0.05) is 19.9 Å². The summed E-state index contributed by atoms with van der Waals surface area (Å²) in [7, 11) is 1.90. The summed E-state index contributed by atoms with van der Waals surface area (Å²) in [5, 5.41) is 2.97. The standard InChI is InChI=1S/C15H25N3O/c1-11(2)8-9-17-15(19)12(3)18(4)14-7-5-6-13(16)10-14/h5-7,10-12H,8-9,16H2,1-4H3,(H,17,19). The van der Waals surface area contributed by atoms with Gasteiger partial charge in [-0.05, 0) is 37.5 Å². The molecule has 0 spiro atoms. The van der Waals surface area contributed by atoms with Crippen molar-refractivity contribution in [2.75, 3.05) is 24.2 Å². The molecule has 0 fully saturated rings. The van der Waals surface area contributed by atoms with Crippen molar-refractivity contribution in [3.63, 3.8) is 0 Å². The number of carbonyl (C=O) groups is 1. The van der Waals surface area contributed by atoms with E-state index >= 15 is 0 Å². The Morgan fingerprint density at radius 2 is 2.05 bits per heavy atom. The molecule has 19 heavy (non-hydrogen) atoms. The fourth-order valence-corrected chi connectivity index (χ4v) is 1.78. The molecule has 0 heterocycles. The molecule has 1 aromatic rings. The number of hydrogen-bond acceptors (Lipinski definition) is 3. The smallest absolute Gasteiger partial charge is 0.242 e. The number of amides is 1. The first-order chi connectivity index (χ1) is 8.91. The molecule has 1 atom stereocenters. The summed E-state index contributed by atoms with van der Waals surface area (Å²) in [6.07, 6.45) is 1.00. The average molecular weight is 263 g/mol. The molecule has 0 aromatic heterocycles. The molecule has 0 bridgehead atoms. The molecular formula is C15H25N3O. The van der Waals surface area contributed by atoms with Gasteiger partial charge in [-0.3, -0.25) is 4.79 Å². The predicted molar refractivity (Wildman–Crippen MR) is 81.2 cm³/mol. The fourth-order valence-electron chi connectivity index (χ4n) is 1.78. The van der Waals surface area contributed by atoms with Crippen LogP contribution in [0.3, 0.4) is 0 Å². The second-order valence-electron chi connectivity index (χ2n) is 5.36. The van der Waals surface area contributed by atoms with Gasteiger partial charge in [-0.15, -0.1) is 0 Å². The summed E-state index contributed by atoms with van der Waals surface area (Å²) in [6.45, 7) is 6.92. The van der Waals surface area contributed by atoms with E-state index in [9.17, 15) is 4.79 Å². The molecule has 0 aliphatic heterocycles. The zero-order valence-corrected chi connectivity index (χ0v) is 12.3. The lowest BCUT2D eigenvalue weighted by atomic mass is 10.1. The number of hydrogen-bond donors (Lipinski definition) is 2. The Morgan fingerprint density at radius 1 is 1.37 bits per heavy atom. The topological polar surface area (TPSA) is 58.4 Å². The SMILES string of the molecule is CC(C)CCNC(=O)C(C)N(C)c1cccc(N)c1. The normalized spacial score (nSPS) is 12.3. The Balaban J connectivity index is 2.56. The highest BCUT2D eigenvalue weighted by Gasteiger charge is 2.18. The van der Waals surface area contributed by atoms with Crippen LogP contribution in [-0.4, -0.2) is 25.5 Å². The summed E-state index contributed by atoms with van der Waals surface area (Å²) in [5.41, 5.74) is 7.41. The van der Waals surface area contributed by atoms with Gasteiger partial charge in [0, 0.05) is 25.0 Å². The molecule has 1 aromatic carbocycles. The number of nitrogens with one attached hydrogen (secondary N) is 1. The van der Waals surface area contributed by atoms with E-state index in [1.54, 1.807) is 0 Å². The van der Waals surface area contributed by atoms with E-state index in [0.29, 0.717) is 11.6 Å². The lowest BCUT2D eigenvalue weighted by Crippen LogP contribution is -2.43. The highest BCUT2D eigenvalue weighted by atomic mass is 16.2. The van der Waals surface area contributed by atoms with Crippen molar-refractivity contribution in [2.45, 2.75) is 33.2 Å². The number of rotatable bonds is 6. The third-order valence-electron chi connectivity index (χ3n) is 3.26. The average Bonchev–Trinajstić information content (AvgIpc) is 2.36. The van der Waals surface area contributed by atoms with Crippen LogP contribution in [0.2, 0.25) is 0 Å². The number of nitrogens with zero attached hydrogens (tertiary/aromatic N) is 1. The minimum Gasteiger partial charge on any atom is -0.399 e. The third-order valence-corrected chi connectivity index (χ3v) is 3.26. The van der Waals surface area contributed by atoms with Crippen LogP contribution in [0.15, 0.2) is 24.3 Å². The Labute approximate surface area is 116 Å². The maximum atomic E-state index is 12.0. The fraction of sp³-hybridized carbons (Fsp3) is 0.533. The van der Waals surface area contributed by atoms with Crippen LogP contribution in [0.25, 0.3) is 0 Å². The van der Waals surface area contributed by atoms with Gasteiger partial charge in [-0.25, -0.2) is 0 Å². The highest BCUT2D eigenvalue weighted by molar-refractivity contribution is 5.84. The lowest BCUT2D eigenvalue weighted by Gasteiger charge is -2.26. The van der Waals surface area contributed by atoms with Crippen molar-refractivity contribution in [3.05, 3.63) is 24.3 Å². The van der Waals surface area contributed by atoms with Crippen molar-refractivity contribution >= 4 is 17.3 Å². The third kappa shape index (κ3) is 4.81. The highest BCUT2D eigenvalue weighted by Crippen LogP contribution is 2.18. The van der Waals surface area contributed by atoms with Crippen LogP contribution in [0.5, 0.6) is 0 Å². The van der Waals surface area contributed by atoms with Gasteiger partial charge < -0.3 is 16.0 Å². The molecule has 0 aliphatic carbocycles. The number of benzene rings is 1. The Bertz CT molecular complexity index is 418. The van der Waals surface area contributed by atoms with E-state index in [1.807, 2.05) is 43.1 Å². The first-order valence-corrected chi connectivity index (χ1v) is 6.78.